The molecule has 3 saturated carbocycles. The van der Waals surface area contributed by atoms with Gasteiger partial charge in [-0.05, 0) is 67.4 Å². The van der Waals surface area contributed by atoms with Crippen molar-refractivity contribution in [1.29, 1.82) is 0 Å². The molecule has 0 bridgehead atoms. The average molecular weight is 632 g/mol. The van der Waals surface area contributed by atoms with E-state index in [1.807, 2.05) is 0 Å². The molecule has 3 aliphatic rings. The molecule has 1 heterocycles. The van der Waals surface area contributed by atoms with Gasteiger partial charge in [0.1, 0.15) is 5.82 Å². The summed E-state index contributed by atoms with van der Waals surface area (Å²) in [5.41, 5.74) is -2.23. The fourth-order valence-electron chi connectivity index (χ4n) is 7.30. The third-order valence-corrected chi connectivity index (χ3v) is 10.5. The molecule has 6 atom stereocenters. The Labute approximate surface area is 250 Å². The van der Waals surface area contributed by atoms with Crippen LogP contribution in [0.15, 0.2) is 18.3 Å². The van der Waals surface area contributed by atoms with Crippen LogP contribution in [0, 0.1) is 34.9 Å². The van der Waals surface area contributed by atoms with Crippen LogP contribution >= 0.6 is 23.2 Å². The normalized spacial score (nSPS) is 28.3. The minimum atomic E-state index is -4.96. The smallest absolute Gasteiger partial charge is 0.433 e. The number of carbonyl (C=O) groups is 3. The highest BCUT2D eigenvalue weighted by molar-refractivity contribution is 6.40. The zero-order valence-corrected chi connectivity index (χ0v) is 24.7. The first-order chi connectivity index (χ1) is 19.5. The Kier molecular flexibility index (Phi) is 7.92. The van der Waals surface area contributed by atoms with Gasteiger partial charge in [0.2, 0.25) is 0 Å². The molecule has 1 aromatic carbocycles. The zero-order chi connectivity index (χ0) is 30.9. The van der Waals surface area contributed by atoms with Crippen molar-refractivity contribution in [2.45, 2.75) is 71.1 Å². The van der Waals surface area contributed by atoms with E-state index in [1.165, 1.54) is 0 Å². The van der Waals surface area contributed by atoms with Crippen molar-refractivity contribution in [3.8, 4) is 0 Å². The summed E-state index contributed by atoms with van der Waals surface area (Å²) in [6, 6.07) is 0.868. The van der Waals surface area contributed by atoms with Crippen LogP contribution < -0.4 is 0 Å². The predicted molar refractivity (Wildman–Crippen MR) is 146 cm³/mol. The summed E-state index contributed by atoms with van der Waals surface area (Å²) in [7, 11) is 0. The number of carbonyl (C=O) groups excluding carboxylic acids is 2. The molecule has 5 rings (SSSR count). The van der Waals surface area contributed by atoms with E-state index in [9.17, 15) is 37.1 Å². The van der Waals surface area contributed by atoms with Crippen LogP contribution in [0.1, 0.15) is 85.3 Å². The SMILES string of the molecule is C[C@@H]1C[C@@H](n2ncc(C(=O)N(CC(=O)c3c(Cl)ccc(F)c3Cl)[C@H]3C[C@@H]4[C@H](C3)C4(C)C)c2C(F)(F)F)CC[C@@H]1C(=O)O. The number of aliphatic carboxylic acids is 1. The molecule has 2 aromatic rings. The molecule has 13 heteroatoms. The molecular formula is C29H31Cl2F4N3O4. The van der Waals surface area contributed by atoms with E-state index in [0.717, 1.165) is 27.9 Å². The molecule has 228 valence electrons. The fourth-order valence-corrected chi connectivity index (χ4v) is 7.88. The first-order valence-electron chi connectivity index (χ1n) is 13.9. The lowest BCUT2D eigenvalue weighted by Gasteiger charge is -2.33. The van der Waals surface area contributed by atoms with Crippen LogP contribution in [0.25, 0.3) is 0 Å². The average Bonchev–Trinajstić information content (AvgIpc) is 3.33. The molecule has 0 unspecified atom stereocenters. The molecule has 3 fully saturated rings. The molecule has 0 saturated heterocycles. The molecular weight excluding hydrogens is 601 g/mol. The van der Waals surface area contributed by atoms with Crippen LogP contribution in [0.3, 0.4) is 0 Å². The van der Waals surface area contributed by atoms with Crippen LogP contribution in [0.4, 0.5) is 17.6 Å². The quantitative estimate of drug-likeness (QED) is 0.199. The number of carboxylic acid groups (broad SMARTS) is 1. The molecule has 3 aliphatic carbocycles. The van der Waals surface area contributed by atoms with Crippen molar-refractivity contribution in [3.63, 3.8) is 0 Å². The number of Topliss-reactive ketones (excluding diaryl/α,β-unsaturated/α-hetero) is 1. The summed E-state index contributed by atoms with van der Waals surface area (Å²) < 4.78 is 58.7. The second-order valence-corrected chi connectivity index (χ2v) is 13.3. The van der Waals surface area contributed by atoms with Crippen molar-refractivity contribution in [2.75, 3.05) is 6.54 Å². The van der Waals surface area contributed by atoms with E-state index in [0.29, 0.717) is 12.8 Å². The van der Waals surface area contributed by atoms with E-state index in [-0.39, 0.29) is 47.1 Å². The third-order valence-electron chi connectivity index (χ3n) is 9.78. The number of carboxylic acids is 1. The maximum Gasteiger partial charge on any atom is 0.433 e. The molecule has 0 radical (unpaired) electrons. The van der Waals surface area contributed by atoms with E-state index >= 15 is 0 Å². The highest BCUT2D eigenvalue weighted by atomic mass is 35.5. The van der Waals surface area contributed by atoms with Gasteiger partial charge < -0.3 is 10.0 Å². The van der Waals surface area contributed by atoms with E-state index in [2.05, 4.69) is 18.9 Å². The standard InChI is InChI=1S/C29H31Cl2F4N3O4/c1-13-8-14(4-5-16(13)27(41)42)38-25(29(33,34)35)17(11-36-38)26(40)37(15-9-18-19(10-15)28(18,2)3)12-22(39)23-20(30)6-7-21(32)24(23)31/h6-7,11,13-16,18-19H,4-5,8-10,12H2,1-3H3,(H,41,42)/t13-,14+,15-,16+,18+,19-/m1/s1. The van der Waals surface area contributed by atoms with Gasteiger partial charge in [0, 0.05) is 6.04 Å². The van der Waals surface area contributed by atoms with Gasteiger partial charge in [-0.1, -0.05) is 44.0 Å². The fraction of sp³-hybridized carbons (Fsp3) is 0.586. The van der Waals surface area contributed by atoms with E-state index in [1.54, 1.807) is 6.92 Å². The largest absolute Gasteiger partial charge is 0.481 e. The molecule has 1 aromatic heterocycles. The third kappa shape index (κ3) is 5.31. The van der Waals surface area contributed by atoms with Gasteiger partial charge in [0.25, 0.3) is 5.91 Å². The van der Waals surface area contributed by atoms with Gasteiger partial charge in [0.15, 0.2) is 11.5 Å². The van der Waals surface area contributed by atoms with Crippen LogP contribution in [-0.2, 0) is 11.0 Å². The van der Waals surface area contributed by atoms with Crippen molar-refractivity contribution in [1.82, 2.24) is 14.7 Å². The number of nitrogens with zero attached hydrogens (tertiary/aromatic N) is 3. The molecule has 42 heavy (non-hydrogen) atoms. The lowest BCUT2D eigenvalue weighted by Crippen LogP contribution is -2.44. The van der Waals surface area contributed by atoms with Gasteiger partial charge in [0.05, 0.1) is 45.9 Å². The summed E-state index contributed by atoms with van der Waals surface area (Å²) in [6.07, 6.45) is -2.59. The zero-order valence-electron chi connectivity index (χ0n) is 23.2. The van der Waals surface area contributed by atoms with Gasteiger partial charge in [-0.25, -0.2) is 4.39 Å². The number of ketones is 1. The minimum Gasteiger partial charge on any atom is -0.481 e. The number of benzene rings is 1. The van der Waals surface area contributed by atoms with Gasteiger partial charge >= 0.3 is 12.1 Å². The van der Waals surface area contributed by atoms with Crippen molar-refractivity contribution >= 4 is 40.9 Å². The first-order valence-corrected chi connectivity index (χ1v) is 14.6. The Hall–Kier alpha value is -2.66. The monoisotopic (exact) mass is 631 g/mol. The molecule has 7 nitrogen and oxygen atoms in total. The predicted octanol–water partition coefficient (Wildman–Crippen LogP) is 7.17. The summed E-state index contributed by atoms with van der Waals surface area (Å²) in [5.74, 6) is -4.25. The number of hydrogen-bond donors (Lipinski definition) is 1. The van der Waals surface area contributed by atoms with Crippen molar-refractivity contribution in [2.24, 2.45) is 29.1 Å². The molecule has 1 amide bonds. The van der Waals surface area contributed by atoms with Gasteiger partial charge in [-0.3, -0.25) is 19.1 Å². The number of rotatable bonds is 7. The summed E-state index contributed by atoms with van der Waals surface area (Å²) in [4.78, 5) is 40.0. The van der Waals surface area contributed by atoms with Gasteiger partial charge in [-0.15, -0.1) is 0 Å². The maximum atomic E-state index is 14.6. The van der Waals surface area contributed by atoms with Crippen molar-refractivity contribution < 1.29 is 37.1 Å². The van der Waals surface area contributed by atoms with E-state index < -0.39 is 76.4 Å². The Morgan fingerprint density at radius 2 is 1.76 bits per heavy atom. The maximum absolute atomic E-state index is 14.6. The highest BCUT2D eigenvalue weighted by Crippen LogP contribution is 2.67. The second-order valence-electron chi connectivity index (χ2n) is 12.5. The first kappa shape index (κ1) is 30.8. The molecule has 0 spiro atoms. The highest BCUT2D eigenvalue weighted by Gasteiger charge is 2.63. The number of aromatic nitrogens is 2. The number of amides is 1. The summed E-state index contributed by atoms with van der Waals surface area (Å²) in [5, 5.41) is 12.8. The Balaban J connectivity index is 1.50. The van der Waals surface area contributed by atoms with Crippen LogP contribution in [-0.4, -0.2) is 50.0 Å². The minimum absolute atomic E-state index is 0.0396. The Morgan fingerprint density at radius 3 is 2.33 bits per heavy atom. The van der Waals surface area contributed by atoms with Crippen molar-refractivity contribution in [3.05, 3.63) is 51.0 Å². The Bertz CT molecular complexity index is 1430. The summed E-state index contributed by atoms with van der Waals surface area (Å²) in [6.45, 7) is 5.22. The lowest BCUT2D eigenvalue weighted by atomic mass is 9.78. The van der Waals surface area contributed by atoms with Crippen LogP contribution in [0.2, 0.25) is 10.0 Å². The van der Waals surface area contributed by atoms with Gasteiger partial charge in [-0.2, -0.15) is 18.3 Å². The number of fused-ring (bicyclic) bond motifs is 1. The van der Waals surface area contributed by atoms with E-state index in [4.69, 9.17) is 23.2 Å². The number of alkyl halides is 3. The summed E-state index contributed by atoms with van der Waals surface area (Å²) >= 11 is 12.2. The molecule has 0 aliphatic heterocycles. The lowest BCUT2D eigenvalue weighted by molar-refractivity contribution is -0.149. The Morgan fingerprint density at radius 1 is 1.12 bits per heavy atom. The second kappa shape index (κ2) is 10.8. The molecule has 1 N–H and O–H groups in total. The number of halogens is 6. The van der Waals surface area contributed by atoms with Crippen LogP contribution in [0.5, 0.6) is 0 Å². The topological polar surface area (TPSA) is 92.5 Å². The number of hydrogen-bond acceptors (Lipinski definition) is 4.